The highest BCUT2D eigenvalue weighted by molar-refractivity contribution is 5.90. The molecule has 37 heavy (non-hydrogen) atoms. The third-order valence-corrected chi connectivity index (χ3v) is 8.12. The molecule has 3 aliphatic rings. The Bertz CT molecular complexity index is 1260. The van der Waals surface area contributed by atoms with Crippen molar-refractivity contribution in [1.29, 1.82) is 0 Å². The van der Waals surface area contributed by atoms with Crippen LogP contribution in [0.25, 0.3) is 10.9 Å². The second kappa shape index (κ2) is 10.00. The van der Waals surface area contributed by atoms with E-state index in [4.69, 9.17) is 15.0 Å². The summed E-state index contributed by atoms with van der Waals surface area (Å²) in [6.45, 7) is 8.45. The van der Waals surface area contributed by atoms with Gasteiger partial charge in [-0.05, 0) is 57.7 Å². The number of pyridine rings is 2. The minimum Gasteiger partial charge on any atom is -0.395 e. The van der Waals surface area contributed by atoms with Crippen molar-refractivity contribution >= 4 is 34.2 Å². The van der Waals surface area contributed by atoms with Gasteiger partial charge in [0.05, 0.1) is 29.8 Å². The van der Waals surface area contributed by atoms with Crippen molar-refractivity contribution in [3.05, 3.63) is 35.8 Å². The first-order valence-corrected chi connectivity index (χ1v) is 13.5. The van der Waals surface area contributed by atoms with Crippen LogP contribution in [0, 0.1) is 6.92 Å². The van der Waals surface area contributed by atoms with Crippen LogP contribution >= 0.6 is 0 Å². The molecular formula is C27H36N8O2. The standard InChI is InChI=1S/C27H36N8O2/c1-17-23(34-11-9-33(10-12-34)13-14-36)7-8-24(29-17)31-27-28-16-19-15-22(18(2)37)30-26(25(19)32-27)35-20-3-4-21(35)6-5-20/h7-8,15-16,18,20-21,36-37H,3-6,9-14H2,1-2H3,(H,28,29,31,32)/t18-,20?,21?/m1/s1. The summed E-state index contributed by atoms with van der Waals surface area (Å²) in [5.41, 5.74) is 3.56. The highest BCUT2D eigenvalue weighted by Crippen LogP contribution is 2.42. The first-order chi connectivity index (χ1) is 18.0. The van der Waals surface area contributed by atoms with Crippen LogP contribution < -0.4 is 15.1 Å². The number of aliphatic hydroxyl groups excluding tert-OH is 2. The summed E-state index contributed by atoms with van der Waals surface area (Å²) in [6.07, 6.45) is 5.92. The fourth-order valence-electron chi connectivity index (χ4n) is 6.18. The number of rotatable bonds is 7. The number of nitrogens with one attached hydrogen (secondary N) is 1. The molecule has 0 spiro atoms. The van der Waals surface area contributed by atoms with E-state index in [2.05, 4.69) is 31.1 Å². The Morgan fingerprint density at radius 2 is 1.76 bits per heavy atom. The van der Waals surface area contributed by atoms with Crippen molar-refractivity contribution < 1.29 is 10.2 Å². The molecule has 0 aromatic carbocycles. The number of hydrogen-bond donors (Lipinski definition) is 3. The first kappa shape index (κ1) is 24.3. The molecule has 6 rings (SSSR count). The molecule has 1 atom stereocenters. The average molecular weight is 505 g/mol. The minimum absolute atomic E-state index is 0.205. The number of anilines is 4. The van der Waals surface area contributed by atoms with E-state index in [1.807, 2.05) is 25.3 Å². The maximum Gasteiger partial charge on any atom is 0.229 e. The lowest BCUT2D eigenvalue weighted by Crippen LogP contribution is -2.47. The van der Waals surface area contributed by atoms with Gasteiger partial charge >= 0.3 is 0 Å². The Hall–Kier alpha value is -3.08. The summed E-state index contributed by atoms with van der Waals surface area (Å²) in [7, 11) is 0. The van der Waals surface area contributed by atoms with Crippen molar-refractivity contribution in [2.24, 2.45) is 0 Å². The summed E-state index contributed by atoms with van der Waals surface area (Å²) in [4.78, 5) is 26.2. The van der Waals surface area contributed by atoms with Gasteiger partial charge in [0.25, 0.3) is 0 Å². The highest BCUT2D eigenvalue weighted by Gasteiger charge is 2.41. The summed E-state index contributed by atoms with van der Waals surface area (Å²) in [6, 6.07) is 6.98. The van der Waals surface area contributed by atoms with Crippen LogP contribution in [0.15, 0.2) is 24.4 Å². The molecule has 0 unspecified atom stereocenters. The van der Waals surface area contributed by atoms with Crippen LogP contribution in [0.1, 0.15) is 50.1 Å². The zero-order valence-corrected chi connectivity index (χ0v) is 21.6. The van der Waals surface area contributed by atoms with Gasteiger partial charge in [0.15, 0.2) is 5.82 Å². The number of aryl methyl sites for hydroxylation is 1. The summed E-state index contributed by atoms with van der Waals surface area (Å²) >= 11 is 0. The van der Waals surface area contributed by atoms with Crippen LogP contribution in [0.2, 0.25) is 0 Å². The molecule has 3 saturated heterocycles. The lowest BCUT2D eigenvalue weighted by Gasteiger charge is -2.36. The molecule has 196 valence electrons. The lowest BCUT2D eigenvalue weighted by molar-refractivity contribution is 0.188. The van der Waals surface area contributed by atoms with E-state index in [1.54, 1.807) is 6.92 Å². The molecule has 0 aliphatic carbocycles. The maximum absolute atomic E-state index is 10.3. The monoisotopic (exact) mass is 504 g/mol. The smallest absolute Gasteiger partial charge is 0.229 e. The van der Waals surface area contributed by atoms with Crippen LogP contribution in [0.3, 0.4) is 0 Å². The largest absolute Gasteiger partial charge is 0.395 e. The fourth-order valence-corrected chi connectivity index (χ4v) is 6.18. The Balaban J connectivity index is 1.26. The molecule has 3 N–H and O–H groups in total. The quantitative estimate of drug-likeness (QED) is 0.444. The normalized spacial score (nSPS) is 22.7. The molecule has 3 aromatic rings. The van der Waals surface area contributed by atoms with Crippen molar-refractivity contribution in [1.82, 2.24) is 24.8 Å². The highest BCUT2D eigenvalue weighted by atomic mass is 16.3. The van der Waals surface area contributed by atoms with Gasteiger partial charge in [0.2, 0.25) is 5.95 Å². The third-order valence-electron chi connectivity index (χ3n) is 8.12. The second-order valence-electron chi connectivity index (χ2n) is 10.5. The number of hydrogen-bond acceptors (Lipinski definition) is 10. The lowest BCUT2D eigenvalue weighted by atomic mass is 10.0. The predicted octanol–water partition coefficient (Wildman–Crippen LogP) is 2.77. The topological polar surface area (TPSA) is 114 Å². The summed E-state index contributed by atoms with van der Waals surface area (Å²) in [5, 5.41) is 23.6. The molecule has 10 heteroatoms. The number of nitrogens with zero attached hydrogens (tertiary/aromatic N) is 7. The minimum atomic E-state index is -0.649. The SMILES string of the molecule is Cc1nc(Nc2ncc3cc([C@@H](C)O)nc(N4C5CCC4CC5)c3n2)ccc1N1CCN(CCO)CC1. The number of fused-ring (bicyclic) bond motifs is 3. The Kier molecular flexibility index (Phi) is 6.56. The van der Waals surface area contributed by atoms with Crippen LogP contribution in [0.4, 0.5) is 23.3 Å². The summed E-state index contributed by atoms with van der Waals surface area (Å²) in [5.74, 6) is 2.06. The number of aromatic nitrogens is 4. The molecule has 0 saturated carbocycles. The van der Waals surface area contributed by atoms with Gasteiger partial charge in [-0.3, -0.25) is 4.90 Å². The van der Waals surface area contributed by atoms with Crippen LogP contribution in [-0.2, 0) is 0 Å². The van der Waals surface area contributed by atoms with E-state index in [-0.39, 0.29) is 6.61 Å². The maximum atomic E-state index is 10.3. The van der Waals surface area contributed by atoms with Gasteiger partial charge in [-0.15, -0.1) is 0 Å². The van der Waals surface area contributed by atoms with Gasteiger partial charge in [-0.25, -0.2) is 19.9 Å². The summed E-state index contributed by atoms with van der Waals surface area (Å²) < 4.78 is 0. The average Bonchev–Trinajstić information content (AvgIpc) is 3.49. The van der Waals surface area contributed by atoms with Gasteiger partial charge < -0.3 is 25.3 Å². The van der Waals surface area contributed by atoms with Crippen LogP contribution in [-0.4, -0.2) is 86.5 Å². The number of piperazine rings is 1. The first-order valence-electron chi connectivity index (χ1n) is 13.5. The van der Waals surface area contributed by atoms with Crippen molar-refractivity contribution in [3.63, 3.8) is 0 Å². The van der Waals surface area contributed by atoms with Gasteiger partial charge in [-0.1, -0.05) is 0 Å². The van der Waals surface area contributed by atoms with E-state index in [0.29, 0.717) is 29.5 Å². The molecule has 0 radical (unpaired) electrons. The molecule has 10 nitrogen and oxygen atoms in total. The number of aliphatic hydroxyl groups is 2. The molecule has 0 amide bonds. The predicted molar refractivity (Wildman–Crippen MR) is 144 cm³/mol. The van der Waals surface area contributed by atoms with E-state index >= 15 is 0 Å². The Morgan fingerprint density at radius 1 is 1.03 bits per heavy atom. The second-order valence-corrected chi connectivity index (χ2v) is 10.5. The van der Waals surface area contributed by atoms with E-state index in [9.17, 15) is 10.2 Å². The molecule has 3 fully saturated rings. The molecule has 3 aromatic heterocycles. The fraction of sp³-hybridized carbons (Fsp3) is 0.556. The number of β-amino-alcohol motifs (C(OH)–C–C–N with tert-alkyl or cyclic N) is 1. The zero-order chi connectivity index (χ0) is 25.5. The van der Waals surface area contributed by atoms with Crippen molar-refractivity contribution in [2.45, 2.75) is 57.7 Å². The third kappa shape index (κ3) is 4.69. The molecular weight excluding hydrogens is 468 g/mol. The van der Waals surface area contributed by atoms with E-state index in [0.717, 1.165) is 60.8 Å². The van der Waals surface area contributed by atoms with Crippen molar-refractivity contribution in [2.75, 3.05) is 54.4 Å². The van der Waals surface area contributed by atoms with Crippen LogP contribution in [0.5, 0.6) is 0 Å². The zero-order valence-electron chi connectivity index (χ0n) is 21.6. The van der Waals surface area contributed by atoms with Gasteiger partial charge in [0, 0.05) is 56.4 Å². The Morgan fingerprint density at radius 3 is 2.41 bits per heavy atom. The van der Waals surface area contributed by atoms with Gasteiger partial charge in [-0.2, -0.15) is 0 Å². The molecule has 6 heterocycles. The van der Waals surface area contributed by atoms with Crippen molar-refractivity contribution in [3.8, 4) is 0 Å². The Labute approximate surface area is 217 Å². The van der Waals surface area contributed by atoms with Gasteiger partial charge in [0.1, 0.15) is 11.3 Å². The van der Waals surface area contributed by atoms with E-state index < -0.39 is 6.10 Å². The van der Waals surface area contributed by atoms with E-state index in [1.165, 1.54) is 25.7 Å². The molecule has 3 aliphatic heterocycles. The molecule has 2 bridgehead atoms.